The summed E-state index contributed by atoms with van der Waals surface area (Å²) >= 11 is 0. The highest BCUT2D eigenvalue weighted by Gasteiger charge is 2.16. The second-order valence-electron chi connectivity index (χ2n) is 6.66. The van der Waals surface area contributed by atoms with Crippen molar-refractivity contribution in [2.75, 3.05) is 52.5 Å². The second kappa shape index (κ2) is 14.1. The van der Waals surface area contributed by atoms with Crippen LogP contribution in [0.3, 0.4) is 0 Å². The summed E-state index contributed by atoms with van der Waals surface area (Å²) in [6, 6.07) is 8.56. The fourth-order valence-electron chi connectivity index (χ4n) is 3.13. The molecule has 1 aromatic carbocycles. The van der Waals surface area contributed by atoms with Crippen LogP contribution >= 0.6 is 24.0 Å². The maximum atomic E-state index is 5.98. The molecule has 0 bridgehead atoms. The Balaban J connectivity index is 0.00000364. The zero-order chi connectivity index (χ0) is 18.6. The van der Waals surface area contributed by atoms with Gasteiger partial charge in [-0.3, -0.25) is 4.90 Å². The molecule has 0 radical (unpaired) electrons. The summed E-state index contributed by atoms with van der Waals surface area (Å²) < 4.78 is 5.32. The van der Waals surface area contributed by atoms with Gasteiger partial charge in [-0.25, -0.2) is 4.99 Å². The second-order valence-corrected chi connectivity index (χ2v) is 6.66. The Hall–Kier alpha value is -0.900. The van der Waals surface area contributed by atoms with Gasteiger partial charge >= 0.3 is 0 Å². The zero-order valence-electron chi connectivity index (χ0n) is 16.8. The van der Waals surface area contributed by atoms with Gasteiger partial charge in [0, 0.05) is 52.5 Å². The Morgan fingerprint density at radius 3 is 2.44 bits per heavy atom. The van der Waals surface area contributed by atoms with E-state index in [2.05, 4.69) is 51.3 Å². The van der Waals surface area contributed by atoms with Crippen molar-refractivity contribution in [3.8, 4) is 0 Å². The molecule has 1 aliphatic rings. The summed E-state index contributed by atoms with van der Waals surface area (Å²) in [5.41, 5.74) is 8.59. The van der Waals surface area contributed by atoms with Crippen molar-refractivity contribution < 1.29 is 4.74 Å². The summed E-state index contributed by atoms with van der Waals surface area (Å²) in [6.07, 6.45) is 0.935. The topological polar surface area (TPSA) is 66.1 Å². The van der Waals surface area contributed by atoms with Gasteiger partial charge in [0.05, 0.1) is 6.54 Å². The molecule has 0 aliphatic carbocycles. The molecule has 1 aliphatic heterocycles. The smallest absolute Gasteiger partial charge is 0.188 e. The maximum Gasteiger partial charge on any atom is 0.188 e. The lowest BCUT2D eigenvalue weighted by Gasteiger charge is -2.34. The molecule has 0 aromatic heterocycles. The molecule has 7 heteroatoms. The Morgan fingerprint density at radius 1 is 1.11 bits per heavy atom. The lowest BCUT2D eigenvalue weighted by molar-refractivity contribution is 0.131. The summed E-state index contributed by atoms with van der Waals surface area (Å²) in [5.74, 6) is 0.507. The molecule has 1 heterocycles. The average Bonchev–Trinajstić information content (AvgIpc) is 2.68. The molecule has 6 nitrogen and oxygen atoms in total. The van der Waals surface area contributed by atoms with Crippen LogP contribution in [0, 0.1) is 0 Å². The summed E-state index contributed by atoms with van der Waals surface area (Å²) in [5, 5.41) is 3.16. The third kappa shape index (κ3) is 9.23. The van der Waals surface area contributed by atoms with E-state index < -0.39 is 0 Å². The van der Waals surface area contributed by atoms with E-state index in [1.54, 1.807) is 0 Å². The maximum absolute atomic E-state index is 5.98. The number of nitrogens with one attached hydrogen (secondary N) is 1. The molecule has 1 fully saturated rings. The van der Waals surface area contributed by atoms with E-state index in [1.165, 1.54) is 11.1 Å². The van der Waals surface area contributed by atoms with Crippen molar-refractivity contribution in [3.63, 3.8) is 0 Å². The quantitative estimate of drug-likeness (QED) is 0.229. The lowest BCUT2D eigenvalue weighted by atomic mass is 10.1. The molecule has 0 saturated carbocycles. The number of hydrogen-bond acceptors (Lipinski definition) is 4. The largest absolute Gasteiger partial charge is 0.382 e. The number of aliphatic imine (C=N–C) groups is 1. The fourth-order valence-corrected chi connectivity index (χ4v) is 3.13. The first-order valence-electron chi connectivity index (χ1n) is 9.86. The predicted molar refractivity (Wildman–Crippen MR) is 124 cm³/mol. The van der Waals surface area contributed by atoms with Crippen LogP contribution in [0.2, 0.25) is 0 Å². The number of halogens is 1. The normalized spacial score (nSPS) is 16.1. The van der Waals surface area contributed by atoms with Gasteiger partial charge in [-0.15, -0.1) is 24.0 Å². The first-order valence-corrected chi connectivity index (χ1v) is 9.86. The third-order valence-corrected chi connectivity index (χ3v) is 4.82. The number of piperazine rings is 1. The Morgan fingerprint density at radius 2 is 1.78 bits per heavy atom. The van der Waals surface area contributed by atoms with E-state index in [0.29, 0.717) is 12.5 Å². The van der Waals surface area contributed by atoms with Gasteiger partial charge in [0.25, 0.3) is 0 Å². The summed E-state index contributed by atoms with van der Waals surface area (Å²) in [7, 11) is 0. The van der Waals surface area contributed by atoms with Crippen LogP contribution in [0.25, 0.3) is 0 Å². The fraction of sp³-hybridized carbons (Fsp3) is 0.650. The Kier molecular flexibility index (Phi) is 12.6. The summed E-state index contributed by atoms with van der Waals surface area (Å²) in [4.78, 5) is 9.54. The minimum atomic E-state index is 0. The highest BCUT2D eigenvalue weighted by Crippen LogP contribution is 2.14. The first kappa shape index (κ1) is 24.1. The molecule has 0 spiro atoms. The molecular weight excluding hydrogens is 453 g/mol. The highest BCUT2D eigenvalue weighted by atomic mass is 127. The van der Waals surface area contributed by atoms with Crippen molar-refractivity contribution in [2.24, 2.45) is 10.7 Å². The first-order chi connectivity index (χ1) is 12.7. The van der Waals surface area contributed by atoms with E-state index in [4.69, 9.17) is 10.5 Å². The van der Waals surface area contributed by atoms with Gasteiger partial charge in [0.15, 0.2) is 5.96 Å². The van der Waals surface area contributed by atoms with Crippen LogP contribution in [0.1, 0.15) is 31.4 Å². The van der Waals surface area contributed by atoms with Crippen molar-refractivity contribution in [3.05, 3.63) is 35.4 Å². The summed E-state index contributed by atoms with van der Waals surface area (Å²) in [6.45, 7) is 13.9. The number of guanidine groups is 1. The van der Waals surface area contributed by atoms with Gasteiger partial charge in [0.2, 0.25) is 0 Å². The van der Waals surface area contributed by atoms with Crippen molar-refractivity contribution in [1.82, 2.24) is 15.1 Å². The van der Waals surface area contributed by atoms with Crippen LogP contribution in [-0.2, 0) is 17.8 Å². The van der Waals surface area contributed by atoms with Gasteiger partial charge in [-0.2, -0.15) is 0 Å². The van der Waals surface area contributed by atoms with Gasteiger partial charge in [-0.1, -0.05) is 31.2 Å². The number of hydrogen-bond donors (Lipinski definition) is 2. The van der Waals surface area contributed by atoms with E-state index in [9.17, 15) is 0 Å². The minimum absolute atomic E-state index is 0. The Labute approximate surface area is 181 Å². The molecule has 0 amide bonds. The van der Waals surface area contributed by atoms with E-state index in [1.807, 2.05) is 6.92 Å². The SMILES string of the molecule is CCOCCCNC(N)=NCc1ccccc1CN1CCN(CC)CC1.I. The zero-order valence-corrected chi connectivity index (χ0v) is 19.2. The van der Waals surface area contributed by atoms with Gasteiger partial charge in [-0.05, 0) is 31.0 Å². The molecule has 0 unspecified atom stereocenters. The van der Waals surface area contributed by atoms with Crippen molar-refractivity contribution in [1.29, 1.82) is 0 Å². The average molecular weight is 489 g/mol. The Bertz CT molecular complexity index is 547. The number of rotatable bonds is 10. The monoisotopic (exact) mass is 489 g/mol. The molecule has 1 saturated heterocycles. The van der Waals surface area contributed by atoms with Crippen molar-refractivity contribution >= 4 is 29.9 Å². The number of nitrogens with zero attached hydrogens (tertiary/aromatic N) is 3. The number of ether oxygens (including phenoxy) is 1. The van der Waals surface area contributed by atoms with Crippen LogP contribution in [0.15, 0.2) is 29.3 Å². The van der Waals surface area contributed by atoms with Crippen LogP contribution < -0.4 is 11.1 Å². The highest BCUT2D eigenvalue weighted by molar-refractivity contribution is 14.0. The molecule has 1 aromatic rings. The van der Waals surface area contributed by atoms with Crippen molar-refractivity contribution in [2.45, 2.75) is 33.4 Å². The lowest BCUT2D eigenvalue weighted by Crippen LogP contribution is -2.45. The van der Waals surface area contributed by atoms with Gasteiger partial charge < -0.3 is 20.7 Å². The predicted octanol–water partition coefficient (Wildman–Crippen LogP) is 2.27. The third-order valence-electron chi connectivity index (χ3n) is 4.82. The van der Waals surface area contributed by atoms with E-state index in [0.717, 1.165) is 65.4 Å². The minimum Gasteiger partial charge on any atom is -0.382 e. The number of nitrogens with two attached hydrogens (primary N) is 1. The molecule has 3 N–H and O–H groups in total. The molecule has 2 rings (SSSR count). The standard InChI is InChI=1S/C20H35N5O.HI/c1-3-24-11-13-25(14-12-24)17-19-9-6-5-8-18(19)16-23-20(21)22-10-7-15-26-4-2;/h5-6,8-9H,3-4,7,10-17H2,1-2H3,(H3,21,22,23);1H. The van der Waals surface area contributed by atoms with Crippen LogP contribution in [-0.4, -0.2) is 68.2 Å². The van der Waals surface area contributed by atoms with E-state index >= 15 is 0 Å². The van der Waals surface area contributed by atoms with E-state index in [-0.39, 0.29) is 24.0 Å². The molecule has 27 heavy (non-hydrogen) atoms. The molecule has 154 valence electrons. The molecule has 0 atom stereocenters. The van der Waals surface area contributed by atoms with Crippen LogP contribution in [0.5, 0.6) is 0 Å². The number of likely N-dealkylation sites (N-methyl/N-ethyl adjacent to an activating group) is 1. The molecular formula is C20H36IN5O. The van der Waals surface area contributed by atoms with Crippen LogP contribution in [0.4, 0.5) is 0 Å². The van der Waals surface area contributed by atoms with Gasteiger partial charge in [0.1, 0.15) is 0 Å². The number of benzene rings is 1.